The molecule has 0 fully saturated rings. The van der Waals surface area contributed by atoms with E-state index in [-0.39, 0.29) is 0 Å². The van der Waals surface area contributed by atoms with Gasteiger partial charge in [0, 0.05) is 0 Å². The molecule has 2 rings (SSSR count). The van der Waals surface area contributed by atoms with Gasteiger partial charge in [-0.2, -0.15) is 0 Å². The fourth-order valence-electron chi connectivity index (χ4n) is 1.98. The molecule has 0 bridgehead atoms. The molecule has 0 aromatic heterocycles. The van der Waals surface area contributed by atoms with Gasteiger partial charge >= 0.3 is 5.97 Å². The lowest BCUT2D eigenvalue weighted by atomic mass is 10.00. The van der Waals surface area contributed by atoms with Crippen molar-refractivity contribution in [3.8, 4) is 0 Å². The van der Waals surface area contributed by atoms with Crippen LogP contribution < -0.4 is 0 Å². The highest BCUT2D eigenvalue weighted by Crippen LogP contribution is 2.12. The van der Waals surface area contributed by atoms with Crippen molar-refractivity contribution in [1.29, 1.82) is 0 Å². The summed E-state index contributed by atoms with van der Waals surface area (Å²) in [6, 6.07) is 15.5. The van der Waals surface area contributed by atoms with Gasteiger partial charge in [-0.25, -0.2) is 4.79 Å². The summed E-state index contributed by atoms with van der Waals surface area (Å²) in [6.07, 6.45) is 1.92. The fraction of sp³-hybridized carbons (Fsp3) is 0.188. The van der Waals surface area contributed by atoms with E-state index in [2.05, 4.69) is 25.1 Å². The minimum absolute atomic E-state index is 0.342. The number of rotatable bonds is 4. The van der Waals surface area contributed by atoms with E-state index in [0.29, 0.717) is 5.56 Å². The van der Waals surface area contributed by atoms with E-state index in [1.807, 2.05) is 18.2 Å². The van der Waals surface area contributed by atoms with Crippen molar-refractivity contribution < 1.29 is 9.90 Å². The van der Waals surface area contributed by atoms with E-state index < -0.39 is 5.97 Å². The largest absolute Gasteiger partial charge is 0.478 e. The topological polar surface area (TPSA) is 37.3 Å². The third-order valence-corrected chi connectivity index (χ3v) is 3.15. The van der Waals surface area contributed by atoms with Gasteiger partial charge in [-0.05, 0) is 48.6 Å². The molecule has 2 nitrogen and oxygen atoms in total. The van der Waals surface area contributed by atoms with Crippen LogP contribution in [0.5, 0.6) is 0 Å². The standard InChI is InChI=1S/C16H16O2/c1-12-4-2-3-5-14(12)9-6-13-7-10-15(11-8-13)16(17)18/h2-5,7-8,10-11H,6,9H2,1H3,(H,17,18). The molecule has 2 aromatic rings. The van der Waals surface area contributed by atoms with Crippen molar-refractivity contribution in [2.45, 2.75) is 19.8 Å². The van der Waals surface area contributed by atoms with E-state index >= 15 is 0 Å². The summed E-state index contributed by atoms with van der Waals surface area (Å²) in [7, 11) is 0. The summed E-state index contributed by atoms with van der Waals surface area (Å²) < 4.78 is 0. The molecule has 0 spiro atoms. The van der Waals surface area contributed by atoms with Crippen molar-refractivity contribution in [2.75, 3.05) is 0 Å². The number of hydrogen-bond acceptors (Lipinski definition) is 1. The summed E-state index contributed by atoms with van der Waals surface area (Å²) in [4.78, 5) is 10.7. The Bertz CT molecular complexity index is 541. The van der Waals surface area contributed by atoms with Crippen LogP contribution in [0, 0.1) is 6.92 Å². The Labute approximate surface area is 107 Å². The number of aromatic carboxylic acids is 1. The van der Waals surface area contributed by atoms with Gasteiger partial charge in [0.2, 0.25) is 0 Å². The van der Waals surface area contributed by atoms with E-state index in [4.69, 9.17) is 5.11 Å². The maximum atomic E-state index is 10.7. The predicted molar refractivity (Wildman–Crippen MR) is 72.0 cm³/mol. The van der Waals surface area contributed by atoms with Crippen LogP contribution in [-0.4, -0.2) is 11.1 Å². The number of hydrogen-bond donors (Lipinski definition) is 1. The molecule has 0 amide bonds. The summed E-state index contributed by atoms with van der Waals surface area (Å²) >= 11 is 0. The first-order valence-corrected chi connectivity index (χ1v) is 6.03. The first kappa shape index (κ1) is 12.4. The Morgan fingerprint density at radius 1 is 1.00 bits per heavy atom. The average Bonchev–Trinajstić information content (AvgIpc) is 2.38. The van der Waals surface area contributed by atoms with Crippen molar-refractivity contribution in [3.63, 3.8) is 0 Å². The Hall–Kier alpha value is -2.09. The van der Waals surface area contributed by atoms with Crippen LogP contribution in [0.15, 0.2) is 48.5 Å². The van der Waals surface area contributed by atoms with Crippen LogP contribution in [0.25, 0.3) is 0 Å². The van der Waals surface area contributed by atoms with Crippen LogP contribution in [0.3, 0.4) is 0 Å². The van der Waals surface area contributed by atoms with E-state index in [0.717, 1.165) is 12.8 Å². The molecule has 0 aliphatic heterocycles. The Morgan fingerprint density at radius 3 is 2.28 bits per heavy atom. The van der Waals surface area contributed by atoms with E-state index in [9.17, 15) is 4.79 Å². The second kappa shape index (κ2) is 5.50. The van der Waals surface area contributed by atoms with Crippen molar-refractivity contribution >= 4 is 5.97 Å². The predicted octanol–water partition coefficient (Wildman–Crippen LogP) is 3.48. The molecule has 0 aliphatic rings. The highest BCUT2D eigenvalue weighted by atomic mass is 16.4. The zero-order valence-corrected chi connectivity index (χ0v) is 10.4. The van der Waals surface area contributed by atoms with Crippen LogP contribution in [0.4, 0.5) is 0 Å². The molecule has 0 saturated carbocycles. The van der Waals surface area contributed by atoms with Gasteiger partial charge in [-0.15, -0.1) is 0 Å². The lowest BCUT2D eigenvalue weighted by molar-refractivity contribution is 0.0697. The molecule has 0 saturated heterocycles. The molecular formula is C16H16O2. The fourth-order valence-corrected chi connectivity index (χ4v) is 1.98. The van der Waals surface area contributed by atoms with Crippen LogP contribution >= 0.6 is 0 Å². The van der Waals surface area contributed by atoms with Gasteiger partial charge in [0.25, 0.3) is 0 Å². The molecule has 0 atom stereocenters. The molecule has 1 N–H and O–H groups in total. The number of benzene rings is 2. The van der Waals surface area contributed by atoms with Crippen molar-refractivity contribution in [2.24, 2.45) is 0 Å². The second-order valence-electron chi connectivity index (χ2n) is 4.43. The Morgan fingerprint density at radius 2 is 1.67 bits per heavy atom. The minimum atomic E-state index is -0.875. The molecule has 92 valence electrons. The number of carboxylic acids is 1. The summed E-state index contributed by atoms with van der Waals surface area (Å²) in [6.45, 7) is 2.11. The average molecular weight is 240 g/mol. The smallest absolute Gasteiger partial charge is 0.335 e. The number of carbonyl (C=O) groups is 1. The molecule has 18 heavy (non-hydrogen) atoms. The molecule has 2 heteroatoms. The quantitative estimate of drug-likeness (QED) is 0.888. The zero-order chi connectivity index (χ0) is 13.0. The highest BCUT2D eigenvalue weighted by Gasteiger charge is 2.02. The van der Waals surface area contributed by atoms with Gasteiger partial charge < -0.3 is 5.11 Å². The molecule has 0 unspecified atom stereocenters. The summed E-state index contributed by atoms with van der Waals surface area (Å²) in [5, 5.41) is 8.82. The van der Waals surface area contributed by atoms with E-state index in [1.165, 1.54) is 16.7 Å². The maximum Gasteiger partial charge on any atom is 0.335 e. The molecule has 0 aliphatic carbocycles. The number of carboxylic acid groups (broad SMARTS) is 1. The van der Waals surface area contributed by atoms with Gasteiger partial charge in [-0.3, -0.25) is 0 Å². The molecule has 0 heterocycles. The minimum Gasteiger partial charge on any atom is -0.478 e. The Kier molecular flexibility index (Phi) is 3.78. The maximum absolute atomic E-state index is 10.7. The third kappa shape index (κ3) is 2.98. The van der Waals surface area contributed by atoms with Gasteiger partial charge in [0.05, 0.1) is 5.56 Å². The van der Waals surface area contributed by atoms with Gasteiger partial charge in [-0.1, -0.05) is 36.4 Å². The lowest BCUT2D eigenvalue weighted by Gasteiger charge is -2.05. The molecular weight excluding hydrogens is 224 g/mol. The van der Waals surface area contributed by atoms with Crippen LogP contribution in [0.1, 0.15) is 27.0 Å². The first-order valence-electron chi connectivity index (χ1n) is 6.03. The highest BCUT2D eigenvalue weighted by molar-refractivity contribution is 5.87. The Balaban J connectivity index is 2.02. The van der Waals surface area contributed by atoms with E-state index in [1.54, 1.807) is 12.1 Å². The monoisotopic (exact) mass is 240 g/mol. The first-order chi connectivity index (χ1) is 8.66. The third-order valence-electron chi connectivity index (χ3n) is 3.15. The SMILES string of the molecule is Cc1ccccc1CCc1ccc(C(=O)O)cc1. The summed E-state index contributed by atoms with van der Waals surface area (Å²) in [5.74, 6) is -0.875. The van der Waals surface area contributed by atoms with Crippen LogP contribution in [0.2, 0.25) is 0 Å². The van der Waals surface area contributed by atoms with Crippen LogP contribution in [-0.2, 0) is 12.8 Å². The van der Waals surface area contributed by atoms with Gasteiger partial charge in [0.1, 0.15) is 0 Å². The molecule has 2 aromatic carbocycles. The summed E-state index contributed by atoms with van der Waals surface area (Å²) in [5.41, 5.74) is 4.16. The van der Waals surface area contributed by atoms with Crippen molar-refractivity contribution in [3.05, 3.63) is 70.8 Å². The lowest BCUT2D eigenvalue weighted by Crippen LogP contribution is -1.97. The molecule has 0 radical (unpaired) electrons. The van der Waals surface area contributed by atoms with Gasteiger partial charge in [0.15, 0.2) is 0 Å². The zero-order valence-electron chi connectivity index (χ0n) is 10.4. The second-order valence-corrected chi connectivity index (χ2v) is 4.43. The van der Waals surface area contributed by atoms with Crippen molar-refractivity contribution in [1.82, 2.24) is 0 Å². The normalized spacial score (nSPS) is 10.3. The number of aryl methyl sites for hydroxylation is 3.